The van der Waals surface area contributed by atoms with E-state index in [0.717, 1.165) is 50.2 Å². The van der Waals surface area contributed by atoms with Gasteiger partial charge in [0.05, 0.1) is 7.11 Å². The van der Waals surface area contributed by atoms with Crippen LogP contribution in [-0.4, -0.2) is 37.6 Å². The number of piperidine rings is 1. The van der Waals surface area contributed by atoms with Gasteiger partial charge in [-0.3, -0.25) is 9.69 Å². The maximum atomic E-state index is 12.8. The van der Waals surface area contributed by atoms with Gasteiger partial charge in [-0.2, -0.15) is 0 Å². The Morgan fingerprint density at radius 2 is 1.86 bits per heavy atom. The number of benzene rings is 2. The third-order valence-corrected chi connectivity index (χ3v) is 5.87. The first-order valence-corrected chi connectivity index (χ1v) is 10.2. The molecule has 0 spiro atoms. The van der Waals surface area contributed by atoms with Gasteiger partial charge < -0.3 is 10.1 Å². The number of ether oxygens (including phenoxy) is 1. The van der Waals surface area contributed by atoms with E-state index in [1.165, 1.54) is 11.1 Å². The molecule has 1 amide bonds. The predicted octanol–water partition coefficient (Wildman–Crippen LogP) is 3.96. The number of rotatable bonds is 7. The molecule has 1 saturated heterocycles. The van der Waals surface area contributed by atoms with Gasteiger partial charge in [-0.15, -0.1) is 0 Å². The summed E-state index contributed by atoms with van der Waals surface area (Å²) in [7, 11) is 1.69. The zero-order valence-corrected chi connectivity index (χ0v) is 17.3. The molecule has 2 aromatic carbocycles. The first-order chi connectivity index (χ1) is 13.5. The van der Waals surface area contributed by atoms with E-state index in [-0.39, 0.29) is 11.3 Å². The second kappa shape index (κ2) is 9.24. The maximum absolute atomic E-state index is 12.8. The molecule has 0 saturated carbocycles. The van der Waals surface area contributed by atoms with Gasteiger partial charge in [-0.25, -0.2) is 0 Å². The lowest BCUT2D eigenvalue weighted by Crippen LogP contribution is -2.47. The summed E-state index contributed by atoms with van der Waals surface area (Å²) in [5, 5.41) is 3.16. The molecule has 0 bridgehead atoms. The molecule has 1 aliphatic rings. The molecule has 0 unspecified atom stereocenters. The lowest BCUT2D eigenvalue weighted by Gasteiger charge is -2.38. The number of carbonyl (C=O) groups is 1. The molecule has 0 aromatic heterocycles. The third-order valence-electron chi connectivity index (χ3n) is 5.87. The van der Waals surface area contributed by atoms with E-state index in [4.69, 9.17) is 4.74 Å². The van der Waals surface area contributed by atoms with Crippen LogP contribution in [0.2, 0.25) is 0 Å². The zero-order valence-electron chi connectivity index (χ0n) is 17.3. The Labute approximate surface area is 168 Å². The van der Waals surface area contributed by atoms with Crippen molar-refractivity contribution in [2.75, 3.05) is 26.7 Å². The minimum Gasteiger partial charge on any atom is -0.496 e. The topological polar surface area (TPSA) is 41.6 Å². The van der Waals surface area contributed by atoms with Crippen molar-refractivity contribution in [2.24, 2.45) is 5.41 Å². The fourth-order valence-corrected chi connectivity index (χ4v) is 3.90. The molecule has 0 atom stereocenters. The minimum absolute atomic E-state index is 0.179. The normalized spacial score (nSPS) is 16.5. The first kappa shape index (κ1) is 20.4. The molecule has 0 aliphatic carbocycles. The SMILES string of the molecule is COc1ccc(C)cc1CCNC(=O)C1(C)CCN(Cc2ccccc2)CC1. The summed E-state index contributed by atoms with van der Waals surface area (Å²) >= 11 is 0. The largest absolute Gasteiger partial charge is 0.496 e. The quantitative estimate of drug-likeness (QED) is 0.790. The van der Waals surface area contributed by atoms with Gasteiger partial charge in [-0.1, -0.05) is 55.0 Å². The number of likely N-dealkylation sites (tertiary alicyclic amines) is 1. The molecule has 1 N–H and O–H groups in total. The molecular weight excluding hydrogens is 348 g/mol. The Balaban J connectivity index is 1.48. The van der Waals surface area contributed by atoms with Crippen LogP contribution < -0.4 is 10.1 Å². The monoisotopic (exact) mass is 380 g/mol. The minimum atomic E-state index is -0.274. The van der Waals surface area contributed by atoms with Crippen molar-refractivity contribution in [3.63, 3.8) is 0 Å². The smallest absolute Gasteiger partial charge is 0.226 e. The van der Waals surface area contributed by atoms with Crippen LogP contribution in [0.25, 0.3) is 0 Å². The Kier molecular flexibility index (Phi) is 6.74. The molecule has 28 heavy (non-hydrogen) atoms. The van der Waals surface area contributed by atoms with Crippen LogP contribution in [0.4, 0.5) is 0 Å². The van der Waals surface area contributed by atoms with Crippen molar-refractivity contribution >= 4 is 5.91 Å². The highest BCUT2D eigenvalue weighted by atomic mass is 16.5. The lowest BCUT2D eigenvalue weighted by molar-refractivity contribution is -0.132. The number of hydrogen-bond donors (Lipinski definition) is 1. The van der Waals surface area contributed by atoms with Crippen molar-refractivity contribution in [1.82, 2.24) is 10.2 Å². The standard InChI is InChI=1S/C24H32N2O2/c1-19-9-10-22(28-3)21(17-19)11-14-25-23(27)24(2)12-15-26(16-13-24)18-20-7-5-4-6-8-20/h4-10,17H,11-16,18H2,1-3H3,(H,25,27). The highest BCUT2D eigenvalue weighted by Crippen LogP contribution is 2.31. The van der Waals surface area contributed by atoms with Gasteiger partial charge in [0.1, 0.15) is 5.75 Å². The summed E-state index contributed by atoms with van der Waals surface area (Å²) in [5.41, 5.74) is 3.41. The number of methoxy groups -OCH3 is 1. The van der Waals surface area contributed by atoms with E-state index in [1.807, 2.05) is 18.2 Å². The summed E-state index contributed by atoms with van der Waals surface area (Å²) in [6, 6.07) is 16.7. The van der Waals surface area contributed by atoms with E-state index in [9.17, 15) is 4.79 Å². The second-order valence-electron chi connectivity index (χ2n) is 8.14. The van der Waals surface area contributed by atoms with Gasteiger partial charge in [0.25, 0.3) is 0 Å². The highest BCUT2D eigenvalue weighted by Gasteiger charge is 2.36. The Bertz CT molecular complexity index is 780. The molecule has 1 heterocycles. The van der Waals surface area contributed by atoms with Gasteiger partial charge in [0, 0.05) is 18.5 Å². The molecule has 1 aliphatic heterocycles. The van der Waals surface area contributed by atoms with Crippen LogP contribution in [-0.2, 0) is 17.8 Å². The van der Waals surface area contributed by atoms with Gasteiger partial charge in [0.2, 0.25) is 5.91 Å². The predicted molar refractivity (Wildman–Crippen MR) is 114 cm³/mol. The first-order valence-electron chi connectivity index (χ1n) is 10.2. The fraction of sp³-hybridized carbons (Fsp3) is 0.458. The molecule has 4 heteroatoms. The van der Waals surface area contributed by atoms with Crippen LogP contribution in [0, 0.1) is 12.3 Å². The number of aryl methyl sites for hydroxylation is 1. The summed E-state index contributed by atoms with van der Waals surface area (Å²) in [5.74, 6) is 1.07. The maximum Gasteiger partial charge on any atom is 0.226 e. The summed E-state index contributed by atoms with van der Waals surface area (Å²) < 4.78 is 5.44. The molecule has 4 nitrogen and oxygen atoms in total. The van der Waals surface area contributed by atoms with Crippen LogP contribution in [0.1, 0.15) is 36.5 Å². The average Bonchev–Trinajstić information content (AvgIpc) is 2.71. The molecule has 0 radical (unpaired) electrons. The third kappa shape index (κ3) is 5.14. The fourth-order valence-electron chi connectivity index (χ4n) is 3.90. The van der Waals surface area contributed by atoms with E-state index in [1.54, 1.807) is 7.11 Å². The van der Waals surface area contributed by atoms with E-state index >= 15 is 0 Å². The van der Waals surface area contributed by atoms with Gasteiger partial charge >= 0.3 is 0 Å². The Morgan fingerprint density at radius 1 is 1.14 bits per heavy atom. The molecule has 2 aromatic rings. The summed E-state index contributed by atoms with van der Waals surface area (Å²) in [6.45, 7) is 7.71. The van der Waals surface area contributed by atoms with Crippen LogP contribution >= 0.6 is 0 Å². The van der Waals surface area contributed by atoms with Crippen LogP contribution in [0.15, 0.2) is 48.5 Å². The zero-order chi connectivity index (χ0) is 20.0. The number of nitrogens with zero attached hydrogens (tertiary/aromatic N) is 1. The summed E-state index contributed by atoms with van der Waals surface area (Å²) in [6.07, 6.45) is 2.59. The van der Waals surface area contributed by atoms with Crippen molar-refractivity contribution in [2.45, 2.75) is 39.7 Å². The number of hydrogen-bond acceptors (Lipinski definition) is 3. The number of carbonyl (C=O) groups excluding carboxylic acids is 1. The van der Waals surface area contributed by atoms with Crippen molar-refractivity contribution in [3.8, 4) is 5.75 Å². The van der Waals surface area contributed by atoms with E-state index in [2.05, 4.69) is 54.4 Å². The highest BCUT2D eigenvalue weighted by molar-refractivity contribution is 5.82. The van der Waals surface area contributed by atoms with E-state index in [0.29, 0.717) is 6.54 Å². The van der Waals surface area contributed by atoms with Crippen LogP contribution in [0.3, 0.4) is 0 Å². The molecule has 3 rings (SSSR count). The second-order valence-corrected chi connectivity index (χ2v) is 8.14. The van der Waals surface area contributed by atoms with Gasteiger partial charge in [-0.05, 0) is 56.5 Å². The molecular formula is C24H32N2O2. The van der Waals surface area contributed by atoms with Crippen molar-refractivity contribution in [1.29, 1.82) is 0 Å². The van der Waals surface area contributed by atoms with Crippen molar-refractivity contribution < 1.29 is 9.53 Å². The number of nitrogens with one attached hydrogen (secondary N) is 1. The lowest BCUT2D eigenvalue weighted by atomic mass is 9.79. The number of amides is 1. The summed E-state index contributed by atoms with van der Waals surface area (Å²) in [4.78, 5) is 15.3. The van der Waals surface area contributed by atoms with Crippen LogP contribution in [0.5, 0.6) is 5.75 Å². The van der Waals surface area contributed by atoms with Crippen molar-refractivity contribution in [3.05, 3.63) is 65.2 Å². The average molecular weight is 381 g/mol. The van der Waals surface area contributed by atoms with Gasteiger partial charge in [0.15, 0.2) is 0 Å². The Morgan fingerprint density at radius 3 is 2.54 bits per heavy atom. The molecule has 1 fully saturated rings. The molecule has 150 valence electrons. The Hall–Kier alpha value is -2.33. The van der Waals surface area contributed by atoms with E-state index < -0.39 is 0 Å².